The summed E-state index contributed by atoms with van der Waals surface area (Å²) in [6.45, 7) is 25.6. The van der Waals surface area contributed by atoms with Gasteiger partial charge in [0, 0.05) is 128 Å². The minimum Gasteiger partial charge on any atom is -0.378 e. The van der Waals surface area contributed by atoms with E-state index in [1.165, 1.54) is 13.0 Å². The van der Waals surface area contributed by atoms with E-state index in [1.807, 2.05) is 236 Å². The third-order valence-electron chi connectivity index (χ3n) is 22.7. The van der Waals surface area contributed by atoms with Crippen molar-refractivity contribution in [2.45, 2.75) is 171 Å². The minimum atomic E-state index is -0.480. The first kappa shape index (κ1) is 88.2. The van der Waals surface area contributed by atoms with E-state index in [0.717, 1.165) is 155 Å². The Morgan fingerprint density at radius 2 is 0.748 bits per heavy atom. The standard InChI is InChI=1S/C29H32ClN3O2.C27H28ClN3O2.C22H23FN4O.C21H21ClN4O/c1-18-15-26(32-25-12-7-6-11-24(25)30)23-17-21(13-14-27(23)33(18)19(2)34)20-9-8-10-22(16-20)31-28(35)29(3,4)5;1-16-8-10-25(24(28)12-16)30-26-13-17(2)31(19(4)33)27-11-9-21(15-23(26)27)20-6-5-7-22(14-20)29-18(3)32;1-13-4-6-17(12-19(13)23)25-21-10-14(2)27(15(3)28)22-7-5-16(11-18(21)22)20-8-9-24-26-20;1-13-11-20(24-19-6-4-3-5-17(19)22)16-12-15(18-9-10-23-25-18)7-8-21(16)26(13)14(2)27/h6-14,16-18,26,32H,15H2,1-5H3,(H,31,35);5-12,14-15,17,26,30H,13H2,1-4H3,(H,29,32);4-9,11-12,14,21,25H,10H2,1-3H3,(H,24,26);3-10,12-13,20,24H,11H2,1-2H3,(H,23,25)/t18-,26+;17-,26+;14-,21+;13-,20+/m0000/s1. The highest BCUT2D eigenvalue weighted by Gasteiger charge is 2.38. The Morgan fingerprint density at radius 3 is 1.11 bits per heavy atom. The van der Waals surface area contributed by atoms with Gasteiger partial charge in [-0.3, -0.25) is 39.0 Å². The van der Waals surface area contributed by atoms with E-state index in [-0.39, 0.29) is 89.6 Å². The third-order valence-corrected chi connectivity index (χ3v) is 23.7. The van der Waals surface area contributed by atoms with Crippen molar-refractivity contribution in [1.82, 2.24) is 20.4 Å². The molecule has 12 aromatic rings. The lowest BCUT2D eigenvalue weighted by Gasteiger charge is -2.40. The van der Waals surface area contributed by atoms with Gasteiger partial charge in [0.2, 0.25) is 35.4 Å². The van der Waals surface area contributed by atoms with E-state index in [1.54, 1.807) is 53.1 Å². The number of hydrogen-bond acceptors (Lipinski definition) is 12. The van der Waals surface area contributed by atoms with E-state index in [9.17, 15) is 33.2 Å². The lowest BCUT2D eigenvalue weighted by molar-refractivity contribution is -0.123. The molecule has 634 valence electrons. The molecular formula is C99H104Cl3FN14O6. The van der Waals surface area contributed by atoms with Gasteiger partial charge in [0.15, 0.2) is 0 Å². The predicted octanol–water partition coefficient (Wildman–Crippen LogP) is 23.7. The zero-order valence-electron chi connectivity index (χ0n) is 71.5. The number of halogens is 4. The molecule has 2 aromatic heterocycles. The van der Waals surface area contributed by atoms with E-state index >= 15 is 0 Å². The molecule has 8 N–H and O–H groups in total. The Bertz CT molecular complexity index is 5900. The van der Waals surface area contributed by atoms with E-state index in [0.29, 0.717) is 20.6 Å². The van der Waals surface area contributed by atoms with Gasteiger partial charge in [-0.2, -0.15) is 10.2 Å². The molecule has 8 atom stereocenters. The number of carbonyl (C=O) groups excluding carboxylic acids is 6. The number of anilines is 10. The van der Waals surface area contributed by atoms with Crippen LogP contribution in [0.4, 0.5) is 61.3 Å². The van der Waals surface area contributed by atoms with Crippen LogP contribution in [-0.4, -0.2) is 80.0 Å². The molecule has 4 aliphatic heterocycles. The number of para-hydroxylation sites is 2. The summed E-state index contributed by atoms with van der Waals surface area (Å²) in [5.74, 6) is -0.258. The number of aromatic amines is 2. The van der Waals surface area contributed by atoms with E-state index < -0.39 is 5.41 Å². The Labute approximate surface area is 733 Å². The maximum Gasteiger partial charge on any atom is 0.229 e. The summed E-state index contributed by atoms with van der Waals surface area (Å²) in [5, 5.41) is 36.2. The number of rotatable bonds is 14. The summed E-state index contributed by atoms with van der Waals surface area (Å²) in [4.78, 5) is 80.9. The van der Waals surface area contributed by atoms with Crippen molar-refractivity contribution in [1.29, 1.82) is 0 Å². The van der Waals surface area contributed by atoms with Crippen LogP contribution >= 0.6 is 34.8 Å². The number of amides is 6. The van der Waals surface area contributed by atoms with Crippen LogP contribution in [0.1, 0.15) is 166 Å². The predicted molar refractivity (Wildman–Crippen MR) is 499 cm³/mol. The number of aryl methyl sites for hydroxylation is 2. The quantitative estimate of drug-likeness (QED) is 0.0507. The highest BCUT2D eigenvalue weighted by atomic mass is 35.5. The third kappa shape index (κ3) is 20.6. The van der Waals surface area contributed by atoms with Crippen LogP contribution in [0.15, 0.2) is 231 Å². The normalized spacial score (nSPS) is 18.0. The topological polar surface area (TPSA) is 245 Å². The molecule has 20 nitrogen and oxygen atoms in total. The van der Waals surface area contributed by atoms with Crippen LogP contribution < -0.4 is 51.5 Å². The molecule has 123 heavy (non-hydrogen) atoms. The highest BCUT2D eigenvalue weighted by molar-refractivity contribution is 6.34. The lowest BCUT2D eigenvalue weighted by Crippen LogP contribution is -2.43. The average Bonchev–Trinajstić information content (AvgIpc) is 1.18. The van der Waals surface area contributed by atoms with Crippen molar-refractivity contribution in [2.75, 3.05) is 51.5 Å². The van der Waals surface area contributed by atoms with Gasteiger partial charge in [0.25, 0.3) is 0 Å². The summed E-state index contributed by atoms with van der Waals surface area (Å²) in [7, 11) is 0. The second-order valence-corrected chi connectivity index (χ2v) is 34.4. The molecule has 16 rings (SSSR count). The Balaban J connectivity index is 0.000000142. The van der Waals surface area contributed by atoms with Crippen LogP contribution in [0, 0.1) is 25.1 Å². The number of hydrogen-bond donors (Lipinski definition) is 8. The number of fused-ring (bicyclic) bond motifs is 4. The fourth-order valence-corrected chi connectivity index (χ4v) is 17.5. The van der Waals surface area contributed by atoms with Gasteiger partial charge in [-0.05, 0) is 256 Å². The summed E-state index contributed by atoms with van der Waals surface area (Å²) >= 11 is 19.3. The molecule has 0 radical (unpaired) electrons. The molecule has 24 heteroatoms. The number of nitrogens with one attached hydrogen (secondary N) is 8. The van der Waals surface area contributed by atoms with Gasteiger partial charge >= 0.3 is 0 Å². The number of carbonyl (C=O) groups is 6. The van der Waals surface area contributed by atoms with Gasteiger partial charge in [-0.25, -0.2) is 4.39 Å². The molecule has 0 saturated heterocycles. The van der Waals surface area contributed by atoms with Crippen molar-refractivity contribution >= 4 is 127 Å². The molecule has 6 amide bonds. The fraction of sp³-hybridized carbons (Fsp3) is 0.273. The molecular weight excluding hydrogens is 1610 g/mol. The van der Waals surface area contributed by atoms with Crippen molar-refractivity contribution in [2.24, 2.45) is 5.41 Å². The maximum absolute atomic E-state index is 14.0. The fourth-order valence-electron chi connectivity index (χ4n) is 16.9. The van der Waals surface area contributed by atoms with Crippen LogP contribution in [0.5, 0.6) is 0 Å². The largest absolute Gasteiger partial charge is 0.378 e. The number of benzene rings is 10. The molecule has 4 aliphatic rings. The molecule has 6 heterocycles. The van der Waals surface area contributed by atoms with Crippen LogP contribution in [-0.2, 0) is 28.8 Å². The van der Waals surface area contributed by atoms with Crippen LogP contribution in [0.3, 0.4) is 0 Å². The molecule has 0 unspecified atom stereocenters. The molecule has 10 aromatic carbocycles. The SMILES string of the molecule is CC(=O)N1c2ccc(-c3cccc(NC(=O)C(C)(C)C)c3)cc2[C@H](Nc2ccccc2Cl)C[C@@H]1C.CC(=O)N1c2ccc(-c3ccn[nH]3)cc2[C@H](Nc2ccc(C)c(F)c2)C[C@@H]1C.CC(=O)N1c2ccc(-c3ccn[nH]3)cc2[C@H](Nc2ccccc2Cl)C[C@@H]1C.CC(=O)Nc1cccc(-c2ccc3c(c2)[C@H](Nc2ccc(C)cc2Cl)C[C@H](C)N3C(C)=O)c1. The van der Waals surface area contributed by atoms with Gasteiger partial charge < -0.3 is 51.5 Å². The first-order valence-electron chi connectivity index (χ1n) is 41.4. The maximum atomic E-state index is 14.0. The molecule has 0 saturated carbocycles. The van der Waals surface area contributed by atoms with Crippen LogP contribution in [0.25, 0.3) is 44.8 Å². The average molecular weight is 1710 g/mol. The smallest absolute Gasteiger partial charge is 0.229 e. The number of aromatic nitrogens is 4. The zero-order chi connectivity index (χ0) is 87.8. The van der Waals surface area contributed by atoms with Crippen molar-refractivity contribution < 1.29 is 33.2 Å². The molecule has 0 spiro atoms. The summed E-state index contributed by atoms with van der Waals surface area (Å²) in [6.07, 6.45) is 6.48. The molecule has 0 fully saturated rings. The lowest BCUT2D eigenvalue weighted by atomic mass is 9.88. The first-order chi connectivity index (χ1) is 58.7. The Morgan fingerprint density at radius 1 is 0.382 bits per heavy atom. The van der Waals surface area contributed by atoms with Crippen molar-refractivity contribution in [3.63, 3.8) is 0 Å². The summed E-state index contributed by atoms with van der Waals surface area (Å²) in [6, 6.07) is 70.8. The summed E-state index contributed by atoms with van der Waals surface area (Å²) in [5.41, 5.74) is 21.8. The number of nitrogens with zero attached hydrogens (tertiary/aromatic N) is 6. The van der Waals surface area contributed by atoms with Gasteiger partial charge in [-0.1, -0.05) is 141 Å². The van der Waals surface area contributed by atoms with E-state index in [4.69, 9.17) is 34.8 Å². The van der Waals surface area contributed by atoms with Crippen LogP contribution in [0.2, 0.25) is 15.1 Å². The second kappa shape index (κ2) is 38.2. The highest BCUT2D eigenvalue weighted by Crippen LogP contribution is 2.48. The van der Waals surface area contributed by atoms with Crippen molar-refractivity contribution in [3.05, 3.63) is 285 Å². The first-order valence-corrected chi connectivity index (χ1v) is 42.5. The second-order valence-electron chi connectivity index (χ2n) is 33.2. The van der Waals surface area contributed by atoms with Gasteiger partial charge in [-0.15, -0.1) is 0 Å². The molecule has 0 bridgehead atoms. The van der Waals surface area contributed by atoms with Gasteiger partial charge in [0.1, 0.15) is 5.82 Å². The molecule has 0 aliphatic carbocycles. The Kier molecular flexibility index (Phi) is 27.4. The monoisotopic (exact) mass is 1710 g/mol. The van der Waals surface area contributed by atoms with Crippen molar-refractivity contribution in [3.8, 4) is 44.8 Å². The Hall–Kier alpha value is -12.6. The van der Waals surface area contributed by atoms with Gasteiger partial charge in [0.05, 0.1) is 67.7 Å². The number of H-pyrrole nitrogens is 2. The minimum absolute atomic E-state index is 0.00992. The zero-order valence-corrected chi connectivity index (χ0v) is 73.8. The van der Waals surface area contributed by atoms with E-state index in [2.05, 4.69) is 97.3 Å². The summed E-state index contributed by atoms with van der Waals surface area (Å²) < 4.78 is 14.0.